The van der Waals surface area contributed by atoms with Crippen molar-refractivity contribution in [2.75, 3.05) is 13.1 Å². The number of aromatic nitrogens is 5. The lowest BCUT2D eigenvalue weighted by molar-refractivity contribution is 0.151. The molecule has 1 unspecified atom stereocenters. The van der Waals surface area contributed by atoms with E-state index in [0.29, 0.717) is 10.3 Å². The first-order chi connectivity index (χ1) is 10.1. The van der Waals surface area contributed by atoms with E-state index in [9.17, 15) is 0 Å². The van der Waals surface area contributed by atoms with Crippen LogP contribution in [0.2, 0.25) is 4.34 Å². The minimum atomic E-state index is 0.601. The Kier molecular flexibility index (Phi) is 4.51. The largest absolute Gasteiger partial charge is 0.297 e. The van der Waals surface area contributed by atoms with Gasteiger partial charge in [0.1, 0.15) is 21.7 Å². The molecule has 0 aliphatic carbocycles. The summed E-state index contributed by atoms with van der Waals surface area (Å²) in [6, 6.07) is 0. The third-order valence-corrected chi connectivity index (χ3v) is 4.86. The summed E-state index contributed by atoms with van der Waals surface area (Å²) in [4.78, 5) is 6.78. The Bertz CT molecular complexity index is 610. The number of halogens is 1. The molecule has 3 rings (SSSR count). The van der Waals surface area contributed by atoms with Gasteiger partial charge in [-0.3, -0.25) is 4.90 Å². The Labute approximate surface area is 133 Å². The van der Waals surface area contributed by atoms with Crippen LogP contribution in [0, 0.1) is 19.8 Å². The second-order valence-electron chi connectivity index (χ2n) is 5.63. The Hall–Kier alpha value is -1.05. The number of hydrogen-bond acceptors (Lipinski definition) is 6. The van der Waals surface area contributed by atoms with Crippen LogP contribution >= 0.6 is 23.1 Å². The molecule has 2 aromatic heterocycles. The van der Waals surface area contributed by atoms with Gasteiger partial charge in [-0.25, -0.2) is 9.67 Å². The molecule has 1 aliphatic rings. The third-order valence-electron chi connectivity index (χ3n) is 3.88. The van der Waals surface area contributed by atoms with Gasteiger partial charge < -0.3 is 0 Å². The maximum atomic E-state index is 6.09. The molecule has 8 heteroatoms. The average molecular weight is 327 g/mol. The molecule has 114 valence electrons. The Balaban J connectivity index is 1.60. The number of piperidine rings is 1. The number of rotatable bonds is 4. The van der Waals surface area contributed by atoms with Crippen molar-refractivity contribution in [2.24, 2.45) is 5.92 Å². The molecule has 6 nitrogen and oxygen atoms in total. The highest BCUT2D eigenvalue weighted by Crippen LogP contribution is 2.23. The van der Waals surface area contributed by atoms with Gasteiger partial charge in [0.15, 0.2) is 0 Å². The van der Waals surface area contributed by atoms with Gasteiger partial charge >= 0.3 is 0 Å². The van der Waals surface area contributed by atoms with E-state index >= 15 is 0 Å². The van der Waals surface area contributed by atoms with Crippen LogP contribution < -0.4 is 0 Å². The van der Waals surface area contributed by atoms with Crippen LogP contribution in [0.1, 0.15) is 30.2 Å². The lowest BCUT2D eigenvalue weighted by Gasteiger charge is -2.32. The van der Waals surface area contributed by atoms with Crippen molar-refractivity contribution in [3.63, 3.8) is 0 Å². The quantitative estimate of drug-likeness (QED) is 0.863. The summed E-state index contributed by atoms with van der Waals surface area (Å²) in [7, 11) is 0. The predicted octanol–water partition coefficient (Wildman–Crippen LogP) is 2.31. The normalized spacial score (nSPS) is 20.0. The highest BCUT2D eigenvalue weighted by atomic mass is 35.5. The van der Waals surface area contributed by atoms with Crippen molar-refractivity contribution in [3.05, 3.63) is 21.7 Å². The monoisotopic (exact) mass is 326 g/mol. The first kappa shape index (κ1) is 14.9. The first-order valence-corrected chi connectivity index (χ1v) is 8.34. The zero-order valence-electron chi connectivity index (χ0n) is 12.3. The second-order valence-corrected chi connectivity index (χ2v) is 6.98. The van der Waals surface area contributed by atoms with Crippen molar-refractivity contribution in [2.45, 2.75) is 39.8 Å². The minimum absolute atomic E-state index is 0.601. The Morgan fingerprint density at radius 3 is 2.90 bits per heavy atom. The van der Waals surface area contributed by atoms with Crippen molar-refractivity contribution in [1.29, 1.82) is 0 Å². The molecule has 0 aromatic carbocycles. The average Bonchev–Trinajstić information content (AvgIpc) is 2.97. The molecule has 0 radical (unpaired) electrons. The lowest BCUT2D eigenvalue weighted by Crippen LogP contribution is -2.37. The van der Waals surface area contributed by atoms with E-state index in [1.54, 1.807) is 0 Å². The summed E-state index contributed by atoms with van der Waals surface area (Å²) in [5.74, 6) is 2.45. The van der Waals surface area contributed by atoms with E-state index in [2.05, 4.69) is 24.6 Å². The molecular formula is C13H19ClN6S. The van der Waals surface area contributed by atoms with E-state index in [0.717, 1.165) is 43.5 Å². The fraction of sp³-hybridized carbons (Fsp3) is 0.692. The molecule has 1 atom stereocenters. The van der Waals surface area contributed by atoms with Gasteiger partial charge in [0.2, 0.25) is 0 Å². The topological polar surface area (TPSA) is 59.7 Å². The fourth-order valence-electron chi connectivity index (χ4n) is 2.93. The van der Waals surface area contributed by atoms with E-state index in [1.807, 2.05) is 18.5 Å². The molecule has 0 bridgehead atoms. The molecule has 0 N–H and O–H groups in total. The zero-order valence-corrected chi connectivity index (χ0v) is 13.9. The molecule has 0 spiro atoms. The molecule has 1 fully saturated rings. The molecule has 0 saturated carbocycles. The summed E-state index contributed by atoms with van der Waals surface area (Å²) in [6.07, 6.45) is 2.43. The smallest absolute Gasteiger partial charge is 0.147 e. The first-order valence-electron chi connectivity index (χ1n) is 7.19. The lowest BCUT2D eigenvalue weighted by atomic mass is 9.98. The number of likely N-dealkylation sites (tertiary alicyclic amines) is 1. The van der Waals surface area contributed by atoms with Gasteiger partial charge in [0, 0.05) is 31.2 Å². The fourth-order valence-corrected chi connectivity index (χ4v) is 3.54. The van der Waals surface area contributed by atoms with Crippen LogP contribution in [0.25, 0.3) is 0 Å². The van der Waals surface area contributed by atoms with Gasteiger partial charge in [0.05, 0.1) is 0 Å². The van der Waals surface area contributed by atoms with Gasteiger partial charge in [-0.15, -0.1) is 5.10 Å². The number of hydrogen-bond donors (Lipinski definition) is 0. The highest BCUT2D eigenvalue weighted by molar-refractivity contribution is 7.10. The van der Waals surface area contributed by atoms with Crippen molar-refractivity contribution in [1.82, 2.24) is 29.3 Å². The van der Waals surface area contributed by atoms with Crippen molar-refractivity contribution >= 4 is 23.1 Å². The van der Waals surface area contributed by atoms with Crippen LogP contribution in [-0.4, -0.2) is 42.3 Å². The summed E-state index contributed by atoms with van der Waals surface area (Å²) >= 11 is 7.35. The van der Waals surface area contributed by atoms with Gasteiger partial charge in [-0.05, 0) is 39.2 Å². The number of aryl methyl sites for hydroxylation is 2. The van der Waals surface area contributed by atoms with Crippen molar-refractivity contribution in [3.8, 4) is 0 Å². The SMILES string of the molecule is Cc1nc(C)n(CC2CCCN(Cc3nnsc3Cl)C2)n1. The molecular weight excluding hydrogens is 308 g/mol. The molecule has 0 amide bonds. The Morgan fingerprint density at radius 1 is 1.38 bits per heavy atom. The van der Waals surface area contributed by atoms with Gasteiger partial charge in [0.25, 0.3) is 0 Å². The third kappa shape index (κ3) is 3.59. The van der Waals surface area contributed by atoms with E-state index in [1.165, 1.54) is 24.4 Å². The highest BCUT2D eigenvalue weighted by Gasteiger charge is 2.22. The van der Waals surface area contributed by atoms with Crippen LogP contribution in [-0.2, 0) is 13.1 Å². The maximum absolute atomic E-state index is 6.09. The van der Waals surface area contributed by atoms with E-state index in [-0.39, 0.29) is 0 Å². The van der Waals surface area contributed by atoms with Crippen LogP contribution in [0.3, 0.4) is 0 Å². The van der Waals surface area contributed by atoms with Crippen LogP contribution in [0.15, 0.2) is 0 Å². The number of nitrogens with zero attached hydrogens (tertiary/aromatic N) is 6. The van der Waals surface area contributed by atoms with Crippen molar-refractivity contribution < 1.29 is 0 Å². The van der Waals surface area contributed by atoms with Crippen LogP contribution in [0.4, 0.5) is 0 Å². The molecule has 2 aromatic rings. The zero-order chi connectivity index (χ0) is 14.8. The summed E-state index contributed by atoms with van der Waals surface area (Å²) in [5, 5.41) is 8.57. The molecule has 1 aliphatic heterocycles. The minimum Gasteiger partial charge on any atom is -0.297 e. The van der Waals surface area contributed by atoms with E-state index in [4.69, 9.17) is 11.6 Å². The van der Waals surface area contributed by atoms with E-state index < -0.39 is 0 Å². The van der Waals surface area contributed by atoms with Gasteiger partial charge in [-0.2, -0.15) is 5.10 Å². The Morgan fingerprint density at radius 2 is 2.24 bits per heavy atom. The maximum Gasteiger partial charge on any atom is 0.147 e. The van der Waals surface area contributed by atoms with Gasteiger partial charge in [-0.1, -0.05) is 16.1 Å². The van der Waals surface area contributed by atoms with Crippen LogP contribution in [0.5, 0.6) is 0 Å². The summed E-state index contributed by atoms with van der Waals surface area (Å²) < 4.78 is 6.64. The predicted molar refractivity (Wildman–Crippen MR) is 82.4 cm³/mol. The molecule has 1 saturated heterocycles. The molecule has 3 heterocycles. The molecule has 21 heavy (non-hydrogen) atoms. The second kappa shape index (κ2) is 6.37. The summed E-state index contributed by atoms with van der Waals surface area (Å²) in [6.45, 7) is 7.83. The standard InChI is InChI=1S/C13H19ClN6S/c1-9-15-10(2)20(17-9)7-11-4-3-5-19(6-11)8-12-13(14)21-18-16-12/h11H,3-8H2,1-2H3. The summed E-state index contributed by atoms with van der Waals surface area (Å²) in [5.41, 5.74) is 0.898.